The number of imidazole rings is 1. The highest BCUT2D eigenvalue weighted by molar-refractivity contribution is 5.40. The molecular weight excluding hydrogens is 226 g/mol. The van der Waals surface area contributed by atoms with Gasteiger partial charge in [0.2, 0.25) is 0 Å². The Labute approximate surface area is 106 Å². The molecule has 1 aromatic carbocycles. The predicted molar refractivity (Wildman–Crippen MR) is 69.2 cm³/mol. The summed E-state index contributed by atoms with van der Waals surface area (Å²) < 4.78 is 7.75. The highest BCUT2D eigenvalue weighted by atomic mass is 16.5. The van der Waals surface area contributed by atoms with Crippen molar-refractivity contribution in [3.05, 3.63) is 47.5 Å². The predicted octanol–water partition coefficient (Wildman–Crippen LogP) is 1.95. The second-order valence-electron chi connectivity index (χ2n) is 4.79. The highest BCUT2D eigenvalue weighted by Gasteiger charge is 2.19. The Morgan fingerprint density at radius 1 is 1.50 bits per heavy atom. The van der Waals surface area contributed by atoms with E-state index in [-0.39, 0.29) is 6.04 Å². The number of benzene rings is 1. The normalized spacial score (nSPS) is 17.8. The summed E-state index contributed by atoms with van der Waals surface area (Å²) in [5.74, 6) is 0.907. The minimum Gasteiger partial charge on any atom is -0.487 e. The van der Waals surface area contributed by atoms with Crippen molar-refractivity contribution >= 4 is 0 Å². The van der Waals surface area contributed by atoms with Gasteiger partial charge in [-0.15, -0.1) is 0 Å². The standard InChI is InChI=1S/C14H17N3O/c1-17-9-16-7-11(17)8-18-12-3-4-13-10(6-12)2-5-14(13)15/h3-4,6-7,9,14H,2,5,8,15H2,1H3/t14-/m0/s1. The number of nitrogens with zero attached hydrogens (tertiary/aromatic N) is 2. The van der Waals surface area contributed by atoms with Gasteiger partial charge in [-0.1, -0.05) is 6.07 Å². The summed E-state index contributed by atoms with van der Waals surface area (Å²) in [4.78, 5) is 4.07. The van der Waals surface area contributed by atoms with E-state index in [0.717, 1.165) is 24.3 Å². The molecule has 1 atom stereocenters. The van der Waals surface area contributed by atoms with Crippen LogP contribution in [0.1, 0.15) is 29.3 Å². The van der Waals surface area contributed by atoms with E-state index in [2.05, 4.69) is 17.1 Å². The quantitative estimate of drug-likeness (QED) is 0.896. The summed E-state index contributed by atoms with van der Waals surface area (Å²) in [6, 6.07) is 6.40. The lowest BCUT2D eigenvalue weighted by atomic mass is 10.1. The molecule has 1 aromatic heterocycles. The molecule has 0 unspecified atom stereocenters. The van der Waals surface area contributed by atoms with Gasteiger partial charge in [0.1, 0.15) is 12.4 Å². The van der Waals surface area contributed by atoms with Gasteiger partial charge >= 0.3 is 0 Å². The third-order valence-corrected chi connectivity index (χ3v) is 3.54. The van der Waals surface area contributed by atoms with Crippen LogP contribution in [-0.4, -0.2) is 9.55 Å². The van der Waals surface area contributed by atoms with Crippen molar-refractivity contribution < 1.29 is 4.74 Å². The first-order chi connectivity index (χ1) is 8.74. The van der Waals surface area contributed by atoms with Crippen LogP contribution >= 0.6 is 0 Å². The maximum atomic E-state index is 6.01. The van der Waals surface area contributed by atoms with Gasteiger partial charge in [-0.2, -0.15) is 0 Å². The van der Waals surface area contributed by atoms with E-state index >= 15 is 0 Å². The van der Waals surface area contributed by atoms with E-state index in [0.29, 0.717) is 6.61 Å². The number of hydrogen-bond acceptors (Lipinski definition) is 3. The van der Waals surface area contributed by atoms with E-state index in [1.165, 1.54) is 11.1 Å². The lowest BCUT2D eigenvalue weighted by Gasteiger charge is -2.09. The Bertz CT molecular complexity index is 562. The van der Waals surface area contributed by atoms with Crippen LogP contribution in [0.5, 0.6) is 5.75 Å². The van der Waals surface area contributed by atoms with Gasteiger partial charge in [0, 0.05) is 13.1 Å². The van der Waals surface area contributed by atoms with Crippen molar-refractivity contribution in [2.75, 3.05) is 0 Å². The lowest BCUT2D eigenvalue weighted by Crippen LogP contribution is -2.05. The van der Waals surface area contributed by atoms with Gasteiger partial charge in [-0.25, -0.2) is 4.98 Å². The number of hydrogen-bond donors (Lipinski definition) is 1. The first-order valence-corrected chi connectivity index (χ1v) is 6.20. The zero-order chi connectivity index (χ0) is 12.5. The van der Waals surface area contributed by atoms with Crippen LogP contribution in [-0.2, 0) is 20.1 Å². The fourth-order valence-corrected chi connectivity index (χ4v) is 2.40. The fourth-order valence-electron chi connectivity index (χ4n) is 2.40. The molecule has 0 saturated heterocycles. The van der Waals surface area contributed by atoms with Crippen molar-refractivity contribution in [2.45, 2.75) is 25.5 Å². The summed E-state index contributed by atoms with van der Waals surface area (Å²) in [6.45, 7) is 0.543. The monoisotopic (exact) mass is 243 g/mol. The third kappa shape index (κ3) is 1.99. The molecule has 0 spiro atoms. The van der Waals surface area contributed by atoms with Gasteiger partial charge in [0.05, 0.1) is 18.2 Å². The Kier molecular flexibility index (Phi) is 2.80. The Morgan fingerprint density at radius 3 is 3.17 bits per heavy atom. The number of rotatable bonds is 3. The van der Waals surface area contributed by atoms with Crippen molar-refractivity contribution in [2.24, 2.45) is 12.8 Å². The highest BCUT2D eigenvalue weighted by Crippen LogP contribution is 2.31. The molecule has 2 aromatic rings. The van der Waals surface area contributed by atoms with Crippen LogP contribution in [0.25, 0.3) is 0 Å². The molecule has 1 aliphatic carbocycles. The molecule has 3 rings (SSSR count). The first kappa shape index (κ1) is 11.3. The molecule has 0 bridgehead atoms. The molecule has 0 saturated carbocycles. The zero-order valence-corrected chi connectivity index (χ0v) is 10.5. The van der Waals surface area contributed by atoms with Crippen LogP contribution in [0.15, 0.2) is 30.7 Å². The molecule has 0 fully saturated rings. The molecule has 0 radical (unpaired) electrons. The summed E-state index contributed by atoms with van der Waals surface area (Å²) >= 11 is 0. The zero-order valence-electron chi connectivity index (χ0n) is 10.5. The number of fused-ring (bicyclic) bond motifs is 1. The van der Waals surface area contributed by atoms with Crippen molar-refractivity contribution in [3.8, 4) is 5.75 Å². The summed E-state index contributed by atoms with van der Waals surface area (Å²) in [5.41, 5.74) is 9.67. The third-order valence-electron chi connectivity index (χ3n) is 3.54. The number of nitrogens with two attached hydrogens (primary N) is 1. The van der Waals surface area contributed by atoms with Gasteiger partial charge in [-0.05, 0) is 36.1 Å². The molecule has 1 heterocycles. The van der Waals surface area contributed by atoms with Crippen molar-refractivity contribution in [3.63, 3.8) is 0 Å². The maximum Gasteiger partial charge on any atom is 0.130 e. The average molecular weight is 243 g/mol. The van der Waals surface area contributed by atoms with E-state index in [4.69, 9.17) is 10.5 Å². The Balaban J connectivity index is 1.73. The minimum atomic E-state index is 0.200. The first-order valence-electron chi connectivity index (χ1n) is 6.20. The number of aryl methyl sites for hydroxylation is 2. The van der Waals surface area contributed by atoms with Gasteiger partial charge in [0.25, 0.3) is 0 Å². The van der Waals surface area contributed by atoms with Gasteiger partial charge in [0.15, 0.2) is 0 Å². The van der Waals surface area contributed by atoms with Crippen molar-refractivity contribution in [1.82, 2.24) is 9.55 Å². The van der Waals surface area contributed by atoms with E-state index in [9.17, 15) is 0 Å². The summed E-state index contributed by atoms with van der Waals surface area (Å²) in [7, 11) is 1.97. The van der Waals surface area contributed by atoms with E-state index < -0.39 is 0 Å². The van der Waals surface area contributed by atoms with Crippen LogP contribution < -0.4 is 10.5 Å². The summed E-state index contributed by atoms with van der Waals surface area (Å²) in [6.07, 6.45) is 5.70. The van der Waals surface area contributed by atoms with Crippen molar-refractivity contribution in [1.29, 1.82) is 0 Å². The van der Waals surface area contributed by atoms with Gasteiger partial charge in [-0.3, -0.25) is 0 Å². The van der Waals surface area contributed by atoms with E-state index in [1.54, 1.807) is 6.33 Å². The minimum absolute atomic E-state index is 0.200. The number of ether oxygens (including phenoxy) is 1. The molecule has 1 aliphatic rings. The van der Waals surface area contributed by atoms with Crippen LogP contribution in [0, 0.1) is 0 Å². The second-order valence-corrected chi connectivity index (χ2v) is 4.79. The molecule has 4 heteroatoms. The van der Waals surface area contributed by atoms with Crippen LogP contribution in [0.3, 0.4) is 0 Å². The Morgan fingerprint density at radius 2 is 2.39 bits per heavy atom. The summed E-state index contributed by atoms with van der Waals surface area (Å²) in [5, 5.41) is 0. The molecule has 2 N–H and O–H groups in total. The second kappa shape index (κ2) is 4.46. The molecule has 4 nitrogen and oxygen atoms in total. The number of aromatic nitrogens is 2. The molecule has 0 amide bonds. The van der Waals surface area contributed by atoms with Gasteiger partial charge < -0.3 is 15.0 Å². The topological polar surface area (TPSA) is 53.1 Å². The lowest BCUT2D eigenvalue weighted by molar-refractivity contribution is 0.297. The van der Waals surface area contributed by atoms with E-state index in [1.807, 2.05) is 23.9 Å². The SMILES string of the molecule is Cn1cncc1COc1ccc2c(c1)CC[C@@H]2N. The molecular formula is C14H17N3O. The molecule has 94 valence electrons. The average Bonchev–Trinajstić information content (AvgIpc) is 2.94. The molecule has 18 heavy (non-hydrogen) atoms. The Hall–Kier alpha value is -1.81. The van der Waals surface area contributed by atoms with Crippen LogP contribution in [0.2, 0.25) is 0 Å². The van der Waals surface area contributed by atoms with Crippen LogP contribution in [0.4, 0.5) is 0 Å². The molecule has 0 aliphatic heterocycles. The smallest absolute Gasteiger partial charge is 0.130 e. The maximum absolute atomic E-state index is 6.01. The fraction of sp³-hybridized carbons (Fsp3) is 0.357. The largest absolute Gasteiger partial charge is 0.487 e.